The van der Waals surface area contributed by atoms with Crippen molar-refractivity contribution < 1.29 is 0 Å². The molecule has 1 rings (SSSR count). The Kier molecular flexibility index (Phi) is 4.06. The lowest BCUT2D eigenvalue weighted by molar-refractivity contribution is 0.739. The van der Waals surface area contributed by atoms with Gasteiger partial charge in [0, 0.05) is 0 Å². The van der Waals surface area contributed by atoms with Gasteiger partial charge in [-0.25, -0.2) is 0 Å². The second-order valence-corrected chi connectivity index (χ2v) is 17.6. The highest BCUT2D eigenvalue weighted by atomic mass is 28.3. The summed E-state index contributed by atoms with van der Waals surface area (Å²) in [6.45, 7) is 17.0. The first-order chi connectivity index (χ1) is 7.07. The number of hydrogen-bond donors (Lipinski definition) is 0. The summed E-state index contributed by atoms with van der Waals surface area (Å²) in [7, 11) is -2.05. The minimum absolute atomic E-state index is 0.800. The molecule has 0 bridgehead atoms. The van der Waals surface area contributed by atoms with E-state index in [1.807, 2.05) is 0 Å². The van der Waals surface area contributed by atoms with E-state index >= 15 is 0 Å². The molecule has 16 heavy (non-hydrogen) atoms. The van der Waals surface area contributed by atoms with Crippen molar-refractivity contribution in [1.29, 1.82) is 0 Å². The van der Waals surface area contributed by atoms with Crippen LogP contribution in [0.3, 0.4) is 0 Å². The third-order valence-electron chi connectivity index (χ3n) is 2.89. The maximum Gasteiger partial charge on any atom is 0.0686 e. The van der Waals surface area contributed by atoms with Crippen LogP contribution in [0, 0.1) is 5.92 Å². The van der Waals surface area contributed by atoms with Crippen molar-refractivity contribution in [3.63, 3.8) is 0 Å². The highest BCUT2D eigenvalue weighted by Crippen LogP contribution is 2.36. The SMILES string of the molecule is CC1C/C(=C\[Si](C)(C)C)C/C1=C\[Si](C)(C)C. The topological polar surface area (TPSA) is 0 Å². The van der Waals surface area contributed by atoms with Gasteiger partial charge < -0.3 is 0 Å². The van der Waals surface area contributed by atoms with Gasteiger partial charge >= 0.3 is 0 Å². The second-order valence-electron chi connectivity index (χ2n) is 7.54. The normalized spacial score (nSPS) is 28.1. The molecule has 1 aliphatic carbocycles. The van der Waals surface area contributed by atoms with Crippen LogP contribution in [0.1, 0.15) is 19.8 Å². The molecule has 0 saturated heterocycles. The molecule has 0 aromatic heterocycles. The molecule has 1 fully saturated rings. The zero-order chi connectivity index (χ0) is 12.6. The minimum atomic E-state index is -1.03. The molecule has 1 atom stereocenters. The van der Waals surface area contributed by atoms with Crippen molar-refractivity contribution in [2.45, 2.75) is 59.0 Å². The van der Waals surface area contributed by atoms with Gasteiger partial charge in [0.15, 0.2) is 0 Å². The Bertz CT molecular complexity index is 311. The predicted molar refractivity (Wildman–Crippen MR) is 81.3 cm³/mol. The average Bonchev–Trinajstić information content (AvgIpc) is 2.23. The van der Waals surface area contributed by atoms with E-state index in [1.165, 1.54) is 12.8 Å². The maximum absolute atomic E-state index is 2.63. The van der Waals surface area contributed by atoms with Gasteiger partial charge in [0.1, 0.15) is 0 Å². The Balaban J connectivity index is 2.83. The highest BCUT2D eigenvalue weighted by Gasteiger charge is 2.24. The molecule has 1 aliphatic rings. The Morgan fingerprint density at radius 3 is 1.88 bits per heavy atom. The molecule has 0 nitrogen and oxygen atoms in total. The summed E-state index contributed by atoms with van der Waals surface area (Å²) in [5, 5.41) is 0. The van der Waals surface area contributed by atoms with Gasteiger partial charge in [-0.05, 0) is 18.8 Å². The van der Waals surface area contributed by atoms with Crippen LogP contribution < -0.4 is 0 Å². The summed E-state index contributed by atoms with van der Waals surface area (Å²) in [4.78, 5) is 0. The first-order valence-electron chi connectivity index (χ1n) is 6.49. The summed E-state index contributed by atoms with van der Waals surface area (Å²) in [6.07, 6.45) is 2.59. The molecule has 0 aromatic rings. The molecular weight excluding hydrogens is 224 g/mol. The zero-order valence-corrected chi connectivity index (χ0v) is 14.1. The molecule has 0 spiro atoms. The fourth-order valence-corrected chi connectivity index (χ4v) is 5.45. The van der Waals surface area contributed by atoms with Crippen LogP contribution in [0.5, 0.6) is 0 Å². The molecule has 0 heterocycles. The monoisotopic (exact) mass is 252 g/mol. The molecule has 92 valence electrons. The van der Waals surface area contributed by atoms with E-state index in [-0.39, 0.29) is 0 Å². The molecule has 2 heteroatoms. The van der Waals surface area contributed by atoms with Gasteiger partial charge in [0.25, 0.3) is 0 Å². The fraction of sp³-hybridized carbons (Fsp3) is 0.714. The van der Waals surface area contributed by atoms with Gasteiger partial charge in [-0.15, -0.1) is 0 Å². The Morgan fingerprint density at radius 1 is 0.938 bits per heavy atom. The number of rotatable bonds is 2. The summed E-state index contributed by atoms with van der Waals surface area (Å²) >= 11 is 0. The molecule has 0 aromatic carbocycles. The number of allylic oxidation sites excluding steroid dienone is 2. The van der Waals surface area contributed by atoms with E-state index in [4.69, 9.17) is 0 Å². The summed E-state index contributed by atoms with van der Waals surface area (Å²) in [5.41, 5.74) is 8.69. The van der Waals surface area contributed by atoms with Crippen molar-refractivity contribution in [2.75, 3.05) is 0 Å². The van der Waals surface area contributed by atoms with Crippen LogP contribution in [0.25, 0.3) is 0 Å². The van der Waals surface area contributed by atoms with Crippen LogP contribution in [0.15, 0.2) is 22.5 Å². The molecule has 0 aliphatic heterocycles. The highest BCUT2D eigenvalue weighted by molar-refractivity contribution is 6.81. The van der Waals surface area contributed by atoms with Crippen molar-refractivity contribution >= 4 is 16.1 Å². The summed E-state index contributed by atoms with van der Waals surface area (Å²) < 4.78 is 0. The summed E-state index contributed by atoms with van der Waals surface area (Å²) in [5.74, 6) is 0.800. The van der Waals surface area contributed by atoms with E-state index in [9.17, 15) is 0 Å². The number of hydrogen-bond acceptors (Lipinski definition) is 0. The second kappa shape index (κ2) is 4.65. The van der Waals surface area contributed by atoms with Crippen LogP contribution in [-0.2, 0) is 0 Å². The molecule has 1 saturated carbocycles. The van der Waals surface area contributed by atoms with Crippen LogP contribution in [0.2, 0.25) is 39.3 Å². The minimum Gasteiger partial charge on any atom is -0.0954 e. The average molecular weight is 253 g/mol. The molecular formula is C14H28Si2. The van der Waals surface area contributed by atoms with Crippen LogP contribution in [-0.4, -0.2) is 16.1 Å². The third kappa shape index (κ3) is 4.83. The van der Waals surface area contributed by atoms with E-state index in [0.29, 0.717) is 0 Å². The van der Waals surface area contributed by atoms with Gasteiger partial charge in [-0.2, -0.15) is 0 Å². The Hall–Kier alpha value is -0.0862. The van der Waals surface area contributed by atoms with E-state index in [0.717, 1.165) is 5.92 Å². The van der Waals surface area contributed by atoms with Gasteiger partial charge in [-0.1, -0.05) is 68.8 Å². The van der Waals surface area contributed by atoms with Crippen molar-refractivity contribution in [1.82, 2.24) is 0 Å². The van der Waals surface area contributed by atoms with Crippen molar-refractivity contribution in [3.05, 3.63) is 22.5 Å². The zero-order valence-electron chi connectivity index (χ0n) is 12.1. The smallest absolute Gasteiger partial charge is 0.0686 e. The largest absolute Gasteiger partial charge is 0.0954 e. The quantitative estimate of drug-likeness (QED) is 0.605. The Morgan fingerprint density at radius 2 is 1.44 bits per heavy atom. The summed E-state index contributed by atoms with van der Waals surface area (Å²) in [6, 6.07) is 0. The predicted octanol–water partition coefficient (Wildman–Crippen LogP) is 5.02. The lowest BCUT2D eigenvalue weighted by atomic mass is 10.1. The van der Waals surface area contributed by atoms with Crippen LogP contribution in [0.4, 0.5) is 0 Å². The maximum atomic E-state index is 2.63. The molecule has 0 radical (unpaired) electrons. The first-order valence-corrected chi connectivity index (χ1v) is 13.6. The molecule has 0 N–H and O–H groups in total. The van der Waals surface area contributed by atoms with Gasteiger partial charge in [0.05, 0.1) is 16.1 Å². The Labute approximate surface area is 104 Å². The van der Waals surface area contributed by atoms with Crippen molar-refractivity contribution in [3.8, 4) is 0 Å². The lowest BCUT2D eigenvalue weighted by Crippen LogP contribution is -2.17. The molecule has 1 unspecified atom stereocenters. The molecule has 0 amide bonds. The van der Waals surface area contributed by atoms with E-state index in [1.54, 1.807) is 11.1 Å². The van der Waals surface area contributed by atoms with Gasteiger partial charge in [0.2, 0.25) is 0 Å². The standard InChI is InChI=1S/C14H28Si2/c1-12-8-13(10-15(2,3)4)9-14(12)11-16(5,6)7/h10-12H,8-9H2,1-7H3/b13-10+,14-11+. The van der Waals surface area contributed by atoms with E-state index in [2.05, 4.69) is 57.6 Å². The van der Waals surface area contributed by atoms with Crippen LogP contribution >= 0.6 is 0 Å². The third-order valence-corrected chi connectivity index (χ3v) is 5.40. The fourth-order valence-electron chi connectivity index (χ4n) is 2.50. The lowest BCUT2D eigenvalue weighted by Gasteiger charge is -2.13. The van der Waals surface area contributed by atoms with Gasteiger partial charge in [-0.3, -0.25) is 0 Å². The van der Waals surface area contributed by atoms with E-state index < -0.39 is 16.1 Å². The first kappa shape index (κ1) is 14.0. The van der Waals surface area contributed by atoms with Crippen molar-refractivity contribution in [2.24, 2.45) is 5.92 Å².